The number of hydrogen-bond acceptors (Lipinski definition) is 4. The molecule has 0 atom stereocenters. The van der Waals surface area contributed by atoms with Gasteiger partial charge in [-0.15, -0.1) is 0 Å². The average Bonchev–Trinajstić information content (AvgIpc) is 2.33. The molecule has 0 unspecified atom stereocenters. The third kappa shape index (κ3) is 5.65. The number of aliphatic hydroxyl groups excluding tert-OH is 1. The zero-order valence-electron chi connectivity index (χ0n) is 9.36. The standard InChI is InChI=1S/C11H15FN2O2S/c12-10-6-9(7-13-8-10)11(16)14-2-5-17-4-1-3-15/h6-8,15H,1-5H2,(H,14,16). The van der Waals surface area contributed by atoms with E-state index in [1.807, 2.05) is 0 Å². The van der Waals surface area contributed by atoms with Gasteiger partial charge in [-0.1, -0.05) is 0 Å². The van der Waals surface area contributed by atoms with Crippen LogP contribution in [-0.4, -0.2) is 40.7 Å². The maximum atomic E-state index is 12.8. The lowest BCUT2D eigenvalue weighted by Crippen LogP contribution is -2.26. The van der Waals surface area contributed by atoms with Crippen LogP contribution in [0.1, 0.15) is 16.8 Å². The number of nitrogens with one attached hydrogen (secondary N) is 1. The van der Waals surface area contributed by atoms with E-state index in [4.69, 9.17) is 5.11 Å². The molecule has 0 aliphatic carbocycles. The first-order valence-corrected chi connectivity index (χ1v) is 6.47. The Bertz CT molecular complexity index is 363. The van der Waals surface area contributed by atoms with E-state index in [0.29, 0.717) is 6.54 Å². The third-order valence-corrected chi connectivity index (χ3v) is 3.02. The predicted molar refractivity (Wildman–Crippen MR) is 65.6 cm³/mol. The van der Waals surface area contributed by atoms with Gasteiger partial charge in [-0.05, 0) is 18.2 Å². The Morgan fingerprint density at radius 2 is 2.29 bits per heavy atom. The second-order valence-electron chi connectivity index (χ2n) is 3.34. The van der Waals surface area contributed by atoms with Gasteiger partial charge in [-0.3, -0.25) is 9.78 Å². The predicted octanol–water partition coefficient (Wildman–Crippen LogP) is 1.07. The molecule has 1 aromatic rings. The van der Waals surface area contributed by atoms with Crippen LogP contribution in [-0.2, 0) is 0 Å². The first-order chi connectivity index (χ1) is 8.24. The van der Waals surface area contributed by atoms with Crippen molar-refractivity contribution in [2.75, 3.05) is 24.7 Å². The van der Waals surface area contributed by atoms with E-state index >= 15 is 0 Å². The number of thioether (sulfide) groups is 1. The lowest BCUT2D eigenvalue weighted by atomic mass is 10.2. The summed E-state index contributed by atoms with van der Waals surface area (Å²) in [4.78, 5) is 15.1. The van der Waals surface area contributed by atoms with Crippen LogP contribution >= 0.6 is 11.8 Å². The van der Waals surface area contributed by atoms with Crippen molar-refractivity contribution in [2.45, 2.75) is 6.42 Å². The van der Waals surface area contributed by atoms with Crippen LogP contribution in [0.2, 0.25) is 0 Å². The summed E-state index contributed by atoms with van der Waals surface area (Å²) in [6, 6.07) is 1.15. The summed E-state index contributed by atoms with van der Waals surface area (Å²) in [6.07, 6.45) is 3.14. The maximum Gasteiger partial charge on any atom is 0.252 e. The summed E-state index contributed by atoms with van der Waals surface area (Å²) in [7, 11) is 0. The highest BCUT2D eigenvalue weighted by Crippen LogP contribution is 2.02. The molecule has 0 radical (unpaired) electrons. The Labute approximate surface area is 104 Å². The van der Waals surface area contributed by atoms with Crippen LogP contribution in [0.15, 0.2) is 18.5 Å². The minimum atomic E-state index is -0.519. The van der Waals surface area contributed by atoms with Gasteiger partial charge in [-0.2, -0.15) is 11.8 Å². The third-order valence-electron chi connectivity index (χ3n) is 1.95. The summed E-state index contributed by atoms with van der Waals surface area (Å²) in [5.74, 6) is 0.803. The molecule has 0 aliphatic heterocycles. The quantitative estimate of drug-likeness (QED) is 0.718. The zero-order chi connectivity index (χ0) is 12.5. The fourth-order valence-electron chi connectivity index (χ4n) is 1.14. The SMILES string of the molecule is O=C(NCCSCCCO)c1cncc(F)c1. The molecule has 0 aromatic carbocycles. The molecule has 94 valence electrons. The second kappa shape index (κ2) is 8.03. The molecule has 0 spiro atoms. The molecular formula is C11H15FN2O2S. The number of aromatic nitrogens is 1. The molecule has 1 amide bonds. The van der Waals surface area contributed by atoms with Gasteiger partial charge in [-0.25, -0.2) is 4.39 Å². The molecular weight excluding hydrogens is 243 g/mol. The van der Waals surface area contributed by atoms with Crippen molar-refractivity contribution in [3.8, 4) is 0 Å². The number of nitrogens with zero attached hydrogens (tertiary/aromatic N) is 1. The van der Waals surface area contributed by atoms with E-state index in [-0.39, 0.29) is 18.1 Å². The van der Waals surface area contributed by atoms with E-state index < -0.39 is 5.82 Å². The number of rotatable bonds is 7. The van der Waals surface area contributed by atoms with Gasteiger partial charge in [0.25, 0.3) is 5.91 Å². The van der Waals surface area contributed by atoms with Gasteiger partial charge in [0.15, 0.2) is 0 Å². The molecule has 1 aromatic heterocycles. The molecule has 17 heavy (non-hydrogen) atoms. The van der Waals surface area contributed by atoms with Gasteiger partial charge in [0.05, 0.1) is 11.8 Å². The van der Waals surface area contributed by atoms with Crippen LogP contribution in [0.25, 0.3) is 0 Å². The van der Waals surface area contributed by atoms with Gasteiger partial charge < -0.3 is 10.4 Å². The van der Waals surface area contributed by atoms with E-state index in [1.54, 1.807) is 11.8 Å². The summed E-state index contributed by atoms with van der Waals surface area (Å²) in [5.41, 5.74) is 0.227. The first kappa shape index (κ1) is 13.9. The highest BCUT2D eigenvalue weighted by molar-refractivity contribution is 7.99. The van der Waals surface area contributed by atoms with Crippen molar-refractivity contribution < 1.29 is 14.3 Å². The molecule has 0 fully saturated rings. The van der Waals surface area contributed by atoms with Crippen molar-refractivity contribution in [3.05, 3.63) is 29.8 Å². The maximum absolute atomic E-state index is 12.8. The topological polar surface area (TPSA) is 62.2 Å². The number of hydrogen-bond donors (Lipinski definition) is 2. The Morgan fingerprint density at radius 1 is 1.47 bits per heavy atom. The number of amides is 1. The summed E-state index contributed by atoms with van der Waals surface area (Å²) < 4.78 is 12.8. The first-order valence-electron chi connectivity index (χ1n) is 5.31. The van der Waals surface area contributed by atoms with Gasteiger partial charge in [0.2, 0.25) is 0 Å². The van der Waals surface area contributed by atoms with Crippen molar-refractivity contribution in [1.82, 2.24) is 10.3 Å². The molecule has 6 heteroatoms. The molecule has 0 saturated carbocycles. The van der Waals surface area contributed by atoms with Gasteiger partial charge >= 0.3 is 0 Å². The van der Waals surface area contributed by atoms with Gasteiger partial charge in [0, 0.05) is 25.1 Å². The number of carbonyl (C=O) groups excluding carboxylic acids is 1. The van der Waals surface area contributed by atoms with Crippen LogP contribution in [0, 0.1) is 5.82 Å². The van der Waals surface area contributed by atoms with E-state index in [9.17, 15) is 9.18 Å². The van der Waals surface area contributed by atoms with E-state index in [0.717, 1.165) is 30.2 Å². The lowest BCUT2D eigenvalue weighted by molar-refractivity contribution is 0.0955. The normalized spacial score (nSPS) is 10.2. The van der Waals surface area contributed by atoms with Crippen LogP contribution in [0.5, 0.6) is 0 Å². The van der Waals surface area contributed by atoms with Crippen LogP contribution in [0.4, 0.5) is 4.39 Å². The minimum absolute atomic E-state index is 0.189. The molecule has 4 nitrogen and oxygen atoms in total. The van der Waals surface area contributed by atoms with Crippen molar-refractivity contribution in [2.24, 2.45) is 0 Å². The monoisotopic (exact) mass is 258 g/mol. The van der Waals surface area contributed by atoms with Crippen molar-refractivity contribution in [1.29, 1.82) is 0 Å². The number of carbonyl (C=O) groups is 1. The highest BCUT2D eigenvalue weighted by Gasteiger charge is 2.05. The number of pyridine rings is 1. The fourth-order valence-corrected chi connectivity index (χ4v) is 1.93. The summed E-state index contributed by atoms with van der Waals surface area (Å²) in [6.45, 7) is 0.708. The summed E-state index contributed by atoms with van der Waals surface area (Å²) in [5, 5.41) is 11.2. The molecule has 1 heterocycles. The molecule has 0 saturated heterocycles. The lowest BCUT2D eigenvalue weighted by Gasteiger charge is -2.04. The Balaban J connectivity index is 2.21. The Hall–Kier alpha value is -1.14. The van der Waals surface area contributed by atoms with Crippen molar-refractivity contribution >= 4 is 17.7 Å². The van der Waals surface area contributed by atoms with Crippen LogP contribution < -0.4 is 5.32 Å². The molecule has 0 bridgehead atoms. The van der Waals surface area contributed by atoms with E-state index in [2.05, 4.69) is 10.3 Å². The van der Waals surface area contributed by atoms with Gasteiger partial charge in [0.1, 0.15) is 5.82 Å². The smallest absolute Gasteiger partial charge is 0.252 e. The number of halogens is 1. The van der Waals surface area contributed by atoms with Crippen molar-refractivity contribution in [3.63, 3.8) is 0 Å². The second-order valence-corrected chi connectivity index (χ2v) is 4.56. The Morgan fingerprint density at radius 3 is 3.00 bits per heavy atom. The largest absolute Gasteiger partial charge is 0.396 e. The molecule has 1 rings (SSSR count). The summed E-state index contributed by atoms with van der Waals surface area (Å²) >= 11 is 1.65. The average molecular weight is 258 g/mol. The minimum Gasteiger partial charge on any atom is -0.396 e. The number of aliphatic hydroxyl groups is 1. The molecule has 2 N–H and O–H groups in total. The molecule has 0 aliphatic rings. The van der Waals surface area contributed by atoms with E-state index in [1.165, 1.54) is 6.20 Å². The Kier molecular flexibility index (Phi) is 6.57. The highest BCUT2D eigenvalue weighted by atomic mass is 32.2. The fraction of sp³-hybridized carbons (Fsp3) is 0.455. The van der Waals surface area contributed by atoms with Crippen LogP contribution in [0.3, 0.4) is 0 Å². The zero-order valence-corrected chi connectivity index (χ0v) is 10.2.